The van der Waals surface area contributed by atoms with Gasteiger partial charge in [-0.15, -0.1) is 0 Å². The van der Waals surface area contributed by atoms with Gasteiger partial charge in [0.2, 0.25) is 5.91 Å². The number of aromatic carboxylic acids is 1. The summed E-state index contributed by atoms with van der Waals surface area (Å²) in [7, 11) is 0. The van der Waals surface area contributed by atoms with Gasteiger partial charge in [-0.3, -0.25) is 4.79 Å². The first kappa shape index (κ1) is 18.9. The average Bonchev–Trinajstić information content (AvgIpc) is 3.44. The van der Waals surface area contributed by atoms with Crippen LogP contribution in [0.25, 0.3) is 0 Å². The Morgan fingerprint density at radius 3 is 2.00 bits per heavy atom. The largest absolute Gasteiger partial charge is 0.478 e. The Balaban J connectivity index is 1.68. The zero-order valence-electron chi connectivity index (χ0n) is 14.4. The van der Waals surface area contributed by atoms with E-state index in [9.17, 15) is 22.8 Å². The lowest BCUT2D eigenvalue weighted by molar-refractivity contribution is -0.137. The molecule has 4 nitrogen and oxygen atoms in total. The highest BCUT2D eigenvalue weighted by atomic mass is 19.4. The van der Waals surface area contributed by atoms with E-state index in [1.165, 1.54) is 24.3 Å². The summed E-state index contributed by atoms with van der Waals surface area (Å²) < 4.78 is 38.0. The lowest BCUT2D eigenvalue weighted by Gasteiger charge is -2.23. The van der Waals surface area contributed by atoms with Crippen molar-refractivity contribution >= 4 is 11.9 Å². The Morgan fingerprint density at radius 2 is 1.52 bits per heavy atom. The van der Waals surface area contributed by atoms with Crippen molar-refractivity contribution in [3.63, 3.8) is 0 Å². The summed E-state index contributed by atoms with van der Waals surface area (Å²) in [6.45, 7) is 0.259. The van der Waals surface area contributed by atoms with E-state index in [0.717, 1.165) is 25.0 Å². The standard InChI is InChI=1S/C20H18F3NO3/c21-20(22,23)16-7-3-14(4-8-16)12-24(17-9-10-17)18(25)11-13-1-5-15(6-2-13)19(26)27/h1-8,17H,9-12H2,(H,26,27). The van der Waals surface area contributed by atoms with Crippen molar-refractivity contribution in [2.45, 2.75) is 38.0 Å². The summed E-state index contributed by atoms with van der Waals surface area (Å²) in [5.41, 5.74) is 0.775. The number of amides is 1. The van der Waals surface area contributed by atoms with Crippen LogP contribution >= 0.6 is 0 Å². The van der Waals surface area contributed by atoms with Gasteiger partial charge in [-0.2, -0.15) is 13.2 Å². The molecule has 2 aromatic carbocycles. The van der Waals surface area contributed by atoms with Crippen LogP contribution in [0.4, 0.5) is 13.2 Å². The Labute approximate surface area is 154 Å². The van der Waals surface area contributed by atoms with Gasteiger partial charge in [-0.1, -0.05) is 24.3 Å². The van der Waals surface area contributed by atoms with E-state index < -0.39 is 17.7 Å². The van der Waals surface area contributed by atoms with E-state index in [1.54, 1.807) is 17.0 Å². The molecule has 3 rings (SSSR count). The quantitative estimate of drug-likeness (QED) is 0.823. The summed E-state index contributed by atoms with van der Waals surface area (Å²) in [5, 5.41) is 8.92. The molecule has 0 spiro atoms. The number of rotatable bonds is 6. The molecule has 0 atom stereocenters. The predicted molar refractivity (Wildman–Crippen MR) is 92.1 cm³/mol. The second kappa shape index (κ2) is 7.42. The van der Waals surface area contributed by atoms with Crippen molar-refractivity contribution in [2.75, 3.05) is 0 Å². The maximum absolute atomic E-state index is 12.7. The van der Waals surface area contributed by atoms with Crippen molar-refractivity contribution in [3.8, 4) is 0 Å². The maximum atomic E-state index is 12.7. The highest BCUT2D eigenvalue weighted by Gasteiger charge is 2.33. The van der Waals surface area contributed by atoms with Gasteiger partial charge in [0.25, 0.3) is 0 Å². The molecule has 1 aliphatic rings. The summed E-state index contributed by atoms with van der Waals surface area (Å²) in [5.74, 6) is -1.16. The monoisotopic (exact) mass is 377 g/mol. The smallest absolute Gasteiger partial charge is 0.416 e. The third-order valence-electron chi connectivity index (χ3n) is 4.50. The topological polar surface area (TPSA) is 57.6 Å². The van der Waals surface area contributed by atoms with Crippen molar-refractivity contribution in [1.29, 1.82) is 0 Å². The highest BCUT2D eigenvalue weighted by molar-refractivity contribution is 5.87. The zero-order valence-corrected chi connectivity index (χ0v) is 14.4. The van der Waals surface area contributed by atoms with E-state index in [-0.39, 0.29) is 30.5 Å². The van der Waals surface area contributed by atoms with E-state index >= 15 is 0 Å². The number of hydrogen-bond acceptors (Lipinski definition) is 2. The van der Waals surface area contributed by atoms with Crippen LogP contribution in [0.1, 0.15) is 39.9 Å². The fourth-order valence-electron chi connectivity index (χ4n) is 2.84. The van der Waals surface area contributed by atoms with Gasteiger partial charge in [0, 0.05) is 12.6 Å². The van der Waals surface area contributed by atoms with Crippen LogP contribution in [0.2, 0.25) is 0 Å². The molecule has 1 N–H and O–H groups in total. The molecule has 0 unspecified atom stereocenters. The average molecular weight is 377 g/mol. The molecule has 0 saturated heterocycles. The van der Waals surface area contributed by atoms with Crippen LogP contribution in [0, 0.1) is 0 Å². The Hall–Kier alpha value is -2.83. The van der Waals surface area contributed by atoms with Crippen molar-refractivity contribution < 1.29 is 27.9 Å². The molecular weight excluding hydrogens is 359 g/mol. The summed E-state index contributed by atoms with van der Waals surface area (Å²) in [6.07, 6.45) is -2.50. The van der Waals surface area contributed by atoms with Crippen molar-refractivity contribution in [1.82, 2.24) is 4.90 Å². The molecule has 1 saturated carbocycles. The second-order valence-corrected chi connectivity index (χ2v) is 6.63. The van der Waals surface area contributed by atoms with Gasteiger partial charge in [0.05, 0.1) is 17.5 Å². The molecule has 0 bridgehead atoms. The van der Waals surface area contributed by atoms with Gasteiger partial charge in [-0.05, 0) is 48.2 Å². The van der Waals surface area contributed by atoms with E-state index in [1.807, 2.05) is 0 Å². The number of halogens is 3. The maximum Gasteiger partial charge on any atom is 0.416 e. The Kier molecular flexibility index (Phi) is 5.21. The number of alkyl halides is 3. The number of hydrogen-bond donors (Lipinski definition) is 1. The van der Waals surface area contributed by atoms with Gasteiger partial charge < -0.3 is 10.0 Å². The lowest BCUT2D eigenvalue weighted by Crippen LogP contribution is -2.33. The number of carboxylic acid groups (broad SMARTS) is 1. The first-order valence-corrected chi connectivity index (χ1v) is 8.52. The lowest BCUT2D eigenvalue weighted by atomic mass is 10.1. The van der Waals surface area contributed by atoms with Crippen molar-refractivity contribution in [3.05, 3.63) is 70.8 Å². The first-order valence-electron chi connectivity index (χ1n) is 8.52. The number of carbonyl (C=O) groups is 2. The zero-order chi connectivity index (χ0) is 19.6. The van der Waals surface area contributed by atoms with Crippen molar-refractivity contribution in [2.24, 2.45) is 0 Å². The van der Waals surface area contributed by atoms with E-state index in [4.69, 9.17) is 5.11 Å². The summed E-state index contributed by atoms with van der Waals surface area (Å²) >= 11 is 0. The minimum absolute atomic E-state index is 0.109. The molecule has 142 valence electrons. The summed E-state index contributed by atoms with van der Waals surface area (Å²) in [4.78, 5) is 25.2. The highest BCUT2D eigenvalue weighted by Crippen LogP contribution is 2.31. The number of carbonyl (C=O) groups excluding carboxylic acids is 1. The molecule has 0 heterocycles. The molecule has 27 heavy (non-hydrogen) atoms. The molecule has 1 fully saturated rings. The molecule has 2 aromatic rings. The van der Waals surface area contributed by atoms with Gasteiger partial charge in [0.15, 0.2) is 0 Å². The van der Waals surface area contributed by atoms with Crippen LogP contribution in [-0.2, 0) is 23.9 Å². The third-order valence-corrected chi connectivity index (χ3v) is 4.50. The molecule has 1 aliphatic carbocycles. The van der Waals surface area contributed by atoms with Crippen LogP contribution in [-0.4, -0.2) is 27.9 Å². The third kappa shape index (κ3) is 4.87. The fourth-order valence-corrected chi connectivity index (χ4v) is 2.84. The van der Waals surface area contributed by atoms with E-state index in [0.29, 0.717) is 11.1 Å². The molecule has 0 aliphatic heterocycles. The number of carboxylic acids is 1. The minimum atomic E-state index is -4.38. The second-order valence-electron chi connectivity index (χ2n) is 6.63. The van der Waals surface area contributed by atoms with Crippen LogP contribution in [0.3, 0.4) is 0 Å². The van der Waals surface area contributed by atoms with Gasteiger partial charge in [0.1, 0.15) is 0 Å². The van der Waals surface area contributed by atoms with Gasteiger partial charge in [-0.25, -0.2) is 4.79 Å². The van der Waals surface area contributed by atoms with Gasteiger partial charge >= 0.3 is 12.1 Å². The molecular formula is C20H18F3NO3. The van der Waals surface area contributed by atoms with E-state index in [2.05, 4.69) is 0 Å². The SMILES string of the molecule is O=C(O)c1ccc(CC(=O)N(Cc2ccc(C(F)(F)F)cc2)C2CC2)cc1. The molecule has 0 radical (unpaired) electrons. The first-order chi connectivity index (χ1) is 12.7. The fraction of sp³-hybridized carbons (Fsp3) is 0.300. The predicted octanol–water partition coefficient (Wildman–Crippen LogP) is 4.14. The molecule has 7 heteroatoms. The van der Waals surface area contributed by atoms with Crippen LogP contribution in [0.15, 0.2) is 48.5 Å². The number of benzene rings is 2. The Bertz CT molecular complexity index is 825. The normalized spacial score (nSPS) is 14.0. The number of nitrogens with zero attached hydrogens (tertiary/aromatic N) is 1. The minimum Gasteiger partial charge on any atom is -0.478 e. The molecule has 1 amide bonds. The van der Waals surface area contributed by atoms with Crippen LogP contribution in [0.5, 0.6) is 0 Å². The van der Waals surface area contributed by atoms with Crippen LogP contribution < -0.4 is 0 Å². The summed E-state index contributed by atoms with van der Waals surface area (Å²) in [6, 6.07) is 11.0. The molecule has 0 aromatic heterocycles. The Morgan fingerprint density at radius 1 is 0.963 bits per heavy atom.